The number of nitrogens with one attached hydrogen (secondary N) is 1. The monoisotopic (exact) mass is 424 g/mol. The Morgan fingerprint density at radius 2 is 1.77 bits per heavy atom. The van der Waals surface area contributed by atoms with Gasteiger partial charge in [0.1, 0.15) is 0 Å². The number of ether oxygens (including phenoxy) is 2. The number of piperidine rings is 1. The molecule has 0 saturated carbocycles. The first kappa shape index (κ1) is 20.1. The number of hydrogen-bond acceptors (Lipinski definition) is 6. The van der Waals surface area contributed by atoms with E-state index in [2.05, 4.69) is 25.6 Å². The van der Waals surface area contributed by atoms with E-state index in [1.54, 1.807) is 19.0 Å². The number of aromatic nitrogens is 4. The second-order valence-electron chi connectivity index (χ2n) is 7.02. The van der Waals surface area contributed by atoms with Gasteiger partial charge >= 0.3 is 0 Å². The van der Waals surface area contributed by atoms with Crippen molar-refractivity contribution in [3.05, 3.63) is 48.5 Å². The van der Waals surface area contributed by atoms with Gasteiger partial charge in [0.2, 0.25) is 5.82 Å². The number of tetrazole rings is 1. The van der Waals surface area contributed by atoms with Crippen molar-refractivity contribution in [3.8, 4) is 22.9 Å². The van der Waals surface area contributed by atoms with Crippen LogP contribution in [-0.2, 0) is 0 Å². The van der Waals surface area contributed by atoms with Gasteiger partial charge in [-0.25, -0.2) is 0 Å². The molecule has 0 amide bonds. The van der Waals surface area contributed by atoms with Crippen LogP contribution in [0, 0.1) is 0 Å². The van der Waals surface area contributed by atoms with Gasteiger partial charge in [0.25, 0.3) is 0 Å². The molecule has 9 heteroatoms. The third-order valence-corrected chi connectivity index (χ3v) is 5.53. The molecule has 2 heterocycles. The summed E-state index contributed by atoms with van der Waals surface area (Å²) in [7, 11) is 3.22. The van der Waals surface area contributed by atoms with E-state index in [-0.39, 0.29) is 6.04 Å². The number of rotatable bonds is 5. The topological polar surface area (TPSA) is 77.3 Å². The third kappa shape index (κ3) is 4.35. The molecule has 1 aromatic heterocycles. The minimum absolute atomic E-state index is 0.196. The van der Waals surface area contributed by atoms with Crippen LogP contribution in [0.1, 0.15) is 18.9 Å². The summed E-state index contributed by atoms with van der Waals surface area (Å²) in [5, 5.41) is 17.2. The highest BCUT2D eigenvalue weighted by molar-refractivity contribution is 7.80. The van der Waals surface area contributed by atoms with Crippen molar-refractivity contribution in [2.24, 2.45) is 0 Å². The highest BCUT2D eigenvalue weighted by Crippen LogP contribution is 2.31. The minimum Gasteiger partial charge on any atom is -0.493 e. The molecule has 0 spiro atoms. The summed E-state index contributed by atoms with van der Waals surface area (Å²) in [6, 6.07) is 15.8. The molecule has 0 bridgehead atoms. The van der Waals surface area contributed by atoms with E-state index in [0.717, 1.165) is 42.3 Å². The fourth-order valence-corrected chi connectivity index (χ4v) is 3.80. The maximum atomic E-state index is 5.57. The van der Waals surface area contributed by atoms with Crippen LogP contribution < -0.4 is 14.8 Å². The minimum atomic E-state index is 0.196. The van der Waals surface area contributed by atoms with E-state index in [1.165, 1.54) is 0 Å². The van der Waals surface area contributed by atoms with Crippen LogP contribution in [0.15, 0.2) is 48.5 Å². The number of methoxy groups -OCH3 is 2. The van der Waals surface area contributed by atoms with Gasteiger partial charge in [0.05, 0.1) is 20.3 Å². The predicted octanol–water partition coefficient (Wildman–Crippen LogP) is 3.39. The molecule has 8 nitrogen and oxygen atoms in total. The number of nitrogens with zero attached hydrogens (tertiary/aromatic N) is 5. The maximum Gasteiger partial charge on any atom is 0.205 e. The van der Waals surface area contributed by atoms with Gasteiger partial charge in [0, 0.05) is 24.3 Å². The van der Waals surface area contributed by atoms with E-state index < -0.39 is 0 Å². The third-order valence-electron chi connectivity index (χ3n) is 5.17. The molecule has 1 N–H and O–H groups in total. The first-order valence-electron chi connectivity index (χ1n) is 9.81. The van der Waals surface area contributed by atoms with Gasteiger partial charge in [-0.05, 0) is 60.6 Å². The number of likely N-dealkylation sites (tertiary alicyclic amines) is 1. The fourth-order valence-electron chi connectivity index (χ4n) is 3.49. The van der Waals surface area contributed by atoms with Gasteiger partial charge < -0.3 is 19.7 Å². The predicted molar refractivity (Wildman–Crippen MR) is 119 cm³/mol. The molecule has 0 unspecified atom stereocenters. The molecule has 2 aromatic carbocycles. The normalized spacial score (nSPS) is 14.4. The van der Waals surface area contributed by atoms with Crippen LogP contribution in [-0.4, -0.2) is 57.5 Å². The average Bonchev–Trinajstić information content (AvgIpc) is 3.29. The molecule has 30 heavy (non-hydrogen) atoms. The van der Waals surface area contributed by atoms with Gasteiger partial charge in [-0.15, -0.1) is 10.2 Å². The van der Waals surface area contributed by atoms with Crippen molar-refractivity contribution < 1.29 is 9.47 Å². The highest BCUT2D eigenvalue weighted by Gasteiger charge is 2.24. The van der Waals surface area contributed by atoms with Crippen LogP contribution in [0.4, 0.5) is 5.69 Å². The molecule has 1 fully saturated rings. The van der Waals surface area contributed by atoms with E-state index >= 15 is 0 Å². The van der Waals surface area contributed by atoms with Crippen molar-refractivity contribution in [2.75, 3.05) is 32.6 Å². The standard InChI is InChI=1S/C21H24N6O2S/c1-28-18-9-8-15(14-19(18)29-2)20-23-25-27(24-20)17-10-12-26(13-11-17)21(30)22-16-6-4-3-5-7-16/h3-9,14,17H,10-13H2,1-2H3,(H,22,30). The summed E-state index contributed by atoms with van der Waals surface area (Å²) < 4.78 is 10.7. The zero-order chi connectivity index (χ0) is 20.9. The van der Waals surface area contributed by atoms with E-state index in [9.17, 15) is 0 Å². The van der Waals surface area contributed by atoms with Crippen LogP contribution in [0.25, 0.3) is 11.4 Å². The summed E-state index contributed by atoms with van der Waals surface area (Å²) in [6.07, 6.45) is 1.80. The van der Waals surface area contributed by atoms with Crippen LogP contribution in [0.5, 0.6) is 11.5 Å². The lowest BCUT2D eigenvalue weighted by Gasteiger charge is -2.33. The van der Waals surface area contributed by atoms with E-state index in [1.807, 2.05) is 48.5 Å². The molecule has 0 atom stereocenters. The Balaban J connectivity index is 1.38. The first-order valence-corrected chi connectivity index (χ1v) is 10.2. The number of hydrogen-bond donors (Lipinski definition) is 1. The molecule has 1 aliphatic heterocycles. The average molecular weight is 425 g/mol. The van der Waals surface area contributed by atoms with Gasteiger partial charge in [0.15, 0.2) is 16.6 Å². The number of para-hydroxylation sites is 1. The molecule has 1 aliphatic rings. The highest BCUT2D eigenvalue weighted by atomic mass is 32.1. The summed E-state index contributed by atoms with van der Waals surface area (Å²) in [4.78, 5) is 3.90. The Morgan fingerprint density at radius 3 is 2.47 bits per heavy atom. The Bertz CT molecular complexity index is 1000. The molecule has 3 aromatic rings. The molecular weight excluding hydrogens is 400 g/mol. The smallest absolute Gasteiger partial charge is 0.205 e. The molecular formula is C21H24N6O2S. The number of benzene rings is 2. The first-order chi connectivity index (χ1) is 14.7. The van der Waals surface area contributed by atoms with Crippen molar-refractivity contribution in [3.63, 3.8) is 0 Å². The summed E-state index contributed by atoms with van der Waals surface area (Å²) >= 11 is 5.57. The molecule has 4 rings (SSSR count). The van der Waals surface area contributed by atoms with Crippen LogP contribution in [0.3, 0.4) is 0 Å². The van der Waals surface area contributed by atoms with Gasteiger partial charge in [-0.1, -0.05) is 18.2 Å². The molecule has 1 saturated heterocycles. The second-order valence-corrected chi connectivity index (χ2v) is 7.40. The summed E-state index contributed by atoms with van der Waals surface area (Å²) in [5.41, 5.74) is 1.84. The lowest BCUT2D eigenvalue weighted by atomic mass is 10.1. The number of anilines is 1. The van der Waals surface area contributed by atoms with Crippen molar-refractivity contribution >= 4 is 23.0 Å². The van der Waals surface area contributed by atoms with E-state index in [4.69, 9.17) is 21.7 Å². The van der Waals surface area contributed by atoms with Gasteiger partial charge in [-0.3, -0.25) is 0 Å². The molecule has 0 radical (unpaired) electrons. The largest absolute Gasteiger partial charge is 0.493 e. The Hall–Kier alpha value is -3.20. The zero-order valence-electron chi connectivity index (χ0n) is 17.0. The lowest BCUT2D eigenvalue weighted by molar-refractivity contribution is 0.238. The Morgan fingerprint density at radius 1 is 1.03 bits per heavy atom. The van der Waals surface area contributed by atoms with Crippen molar-refractivity contribution in [1.82, 2.24) is 25.1 Å². The molecule has 0 aliphatic carbocycles. The Kier molecular flexibility index (Phi) is 6.08. The quantitative estimate of drug-likeness (QED) is 0.625. The van der Waals surface area contributed by atoms with Crippen molar-refractivity contribution in [1.29, 1.82) is 0 Å². The van der Waals surface area contributed by atoms with Crippen LogP contribution >= 0.6 is 12.2 Å². The van der Waals surface area contributed by atoms with Gasteiger partial charge in [-0.2, -0.15) is 4.80 Å². The summed E-state index contributed by atoms with van der Waals surface area (Å²) in [6.45, 7) is 1.69. The Labute approximate surface area is 180 Å². The lowest BCUT2D eigenvalue weighted by Crippen LogP contribution is -2.41. The zero-order valence-corrected chi connectivity index (χ0v) is 17.8. The summed E-state index contributed by atoms with van der Waals surface area (Å²) in [5.74, 6) is 1.87. The number of thiocarbonyl (C=S) groups is 1. The van der Waals surface area contributed by atoms with E-state index in [0.29, 0.717) is 17.3 Å². The SMILES string of the molecule is COc1ccc(-c2nnn(C3CCN(C(=S)Nc4ccccc4)CC3)n2)cc1OC. The fraction of sp³-hybridized carbons (Fsp3) is 0.333. The second kappa shape index (κ2) is 9.08. The maximum absolute atomic E-state index is 5.57. The van der Waals surface area contributed by atoms with Crippen molar-refractivity contribution in [2.45, 2.75) is 18.9 Å². The molecule has 156 valence electrons. The van der Waals surface area contributed by atoms with Crippen LogP contribution in [0.2, 0.25) is 0 Å².